The molecular formula is C12H9N3O2S. The van der Waals surface area contributed by atoms with Crippen molar-refractivity contribution in [3.63, 3.8) is 0 Å². The van der Waals surface area contributed by atoms with Gasteiger partial charge in [-0.15, -0.1) is 0 Å². The van der Waals surface area contributed by atoms with Crippen LogP contribution in [0.4, 0.5) is 0 Å². The number of carbonyl (C=O) groups is 1. The Labute approximate surface area is 107 Å². The van der Waals surface area contributed by atoms with Crippen molar-refractivity contribution < 1.29 is 9.53 Å². The molecule has 3 rings (SSSR count). The lowest BCUT2D eigenvalue weighted by atomic mass is 10.1. The first kappa shape index (κ1) is 10.9. The van der Waals surface area contributed by atoms with Crippen LogP contribution in [-0.2, 0) is 0 Å². The molecule has 2 aromatic heterocycles. The highest BCUT2D eigenvalue weighted by molar-refractivity contribution is 7.14. The molecule has 1 aromatic carbocycles. The fourth-order valence-corrected chi connectivity index (χ4v) is 2.42. The molecule has 90 valence electrons. The second kappa shape index (κ2) is 4.23. The number of hydrogen-bond acceptors (Lipinski definition) is 5. The Bertz CT molecular complexity index is 717. The molecule has 0 atom stereocenters. The number of nitrogens with zero attached hydrogens (tertiary/aromatic N) is 3. The molecule has 0 saturated carbocycles. The minimum atomic E-state index is 0.458. The molecular weight excluding hydrogens is 250 g/mol. The maximum absolute atomic E-state index is 11.2. The van der Waals surface area contributed by atoms with Crippen molar-refractivity contribution in [1.29, 1.82) is 0 Å². The molecule has 0 saturated heterocycles. The number of aldehydes is 1. The lowest BCUT2D eigenvalue weighted by Gasteiger charge is -2.02. The molecule has 18 heavy (non-hydrogen) atoms. The van der Waals surface area contributed by atoms with Crippen LogP contribution >= 0.6 is 11.3 Å². The standard InChI is InChI=1S/C12H9N3O2S/c1-17-9-4-2-3-8(5-9)11-10(6-16)15-12(14-11)18-7-13-15/h2-7H,1H3. The van der Waals surface area contributed by atoms with E-state index < -0.39 is 0 Å². The Morgan fingerprint density at radius 3 is 3.11 bits per heavy atom. The molecule has 5 nitrogen and oxygen atoms in total. The number of fused-ring (bicyclic) bond motifs is 1. The summed E-state index contributed by atoms with van der Waals surface area (Å²) in [4.78, 5) is 16.3. The average molecular weight is 259 g/mol. The lowest BCUT2D eigenvalue weighted by molar-refractivity contribution is 0.111. The first-order valence-electron chi connectivity index (χ1n) is 5.25. The Kier molecular flexibility index (Phi) is 2.56. The highest BCUT2D eigenvalue weighted by Crippen LogP contribution is 2.27. The van der Waals surface area contributed by atoms with Crippen molar-refractivity contribution in [1.82, 2.24) is 14.6 Å². The van der Waals surface area contributed by atoms with Gasteiger partial charge in [-0.05, 0) is 12.1 Å². The Balaban J connectivity index is 2.23. The predicted molar refractivity (Wildman–Crippen MR) is 68.2 cm³/mol. The summed E-state index contributed by atoms with van der Waals surface area (Å²) >= 11 is 1.39. The molecule has 0 amide bonds. The highest BCUT2D eigenvalue weighted by Gasteiger charge is 2.15. The predicted octanol–water partition coefficient (Wildman–Crippen LogP) is 2.28. The maximum Gasteiger partial charge on any atom is 0.213 e. The van der Waals surface area contributed by atoms with Crippen LogP contribution in [0.2, 0.25) is 0 Å². The molecule has 2 heterocycles. The summed E-state index contributed by atoms with van der Waals surface area (Å²) in [6.07, 6.45) is 0.772. The van der Waals surface area contributed by atoms with Gasteiger partial charge in [0.05, 0.1) is 7.11 Å². The normalized spacial score (nSPS) is 10.7. The van der Waals surface area contributed by atoms with Gasteiger partial charge in [0.2, 0.25) is 4.96 Å². The van der Waals surface area contributed by atoms with E-state index in [4.69, 9.17) is 4.74 Å². The van der Waals surface area contributed by atoms with Gasteiger partial charge in [0.1, 0.15) is 22.6 Å². The minimum absolute atomic E-state index is 0.458. The van der Waals surface area contributed by atoms with Crippen LogP contribution in [0.15, 0.2) is 29.8 Å². The SMILES string of the molecule is COc1cccc(-c2nc3scnn3c2C=O)c1. The van der Waals surface area contributed by atoms with E-state index in [1.165, 1.54) is 11.3 Å². The molecule has 3 aromatic rings. The first-order chi connectivity index (χ1) is 8.83. The Hall–Kier alpha value is -2.21. The zero-order valence-electron chi connectivity index (χ0n) is 9.53. The van der Waals surface area contributed by atoms with E-state index in [2.05, 4.69) is 10.1 Å². The first-order valence-corrected chi connectivity index (χ1v) is 6.13. The van der Waals surface area contributed by atoms with Crippen molar-refractivity contribution in [3.05, 3.63) is 35.5 Å². The number of ether oxygens (including phenoxy) is 1. The van der Waals surface area contributed by atoms with Crippen LogP contribution in [-0.4, -0.2) is 28.0 Å². The summed E-state index contributed by atoms with van der Waals surface area (Å²) in [6.45, 7) is 0. The van der Waals surface area contributed by atoms with Crippen LogP contribution < -0.4 is 4.74 Å². The van der Waals surface area contributed by atoms with Crippen molar-refractivity contribution in [2.24, 2.45) is 0 Å². The molecule has 0 N–H and O–H groups in total. The lowest BCUT2D eigenvalue weighted by Crippen LogP contribution is -1.93. The summed E-state index contributed by atoms with van der Waals surface area (Å²) in [6, 6.07) is 7.45. The molecule has 0 unspecified atom stereocenters. The van der Waals surface area contributed by atoms with Gasteiger partial charge in [0.25, 0.3) is 0 Å². The van der Waals surface area contributed by atoms with Crippen molar-refractivity contribution in [3.8, 4) is 17.0 Å². The third kappa shape index (κ3) is 1.58. The van der Waals surface area contributed by atoms with Gasteiger partial charge in [-0.1, -0.05) is 23.5 Å². The zero-order chi connectivity index (χ0) is 12.5. The van der Waals surface area contributed by atoms with Crippen molar-refractivity contribution >= 4 is 22.6 Å². The van der Waals surface area contributed by atoms with Crippen LogP contribution in [0.1, 0.15) is 10.5 Å². The quantitative estimate of drug-likeness (QED) is 0.677. The molecule has 6 heteroatoms. The van der Waals surface area contributed by atoms with Gasteiger partial charge < -0.3 is 4.74 Å². The fraction of sp³-hybridized carbons (Fsp3) is 0.0833. The van der Waals surface area contributed by atoms with E-state index >= 15 is 0 Å². The smallest absolute Gasteiger partial charge is 0.213 e. The van der Waals surface area contributed by atoms with E-state index in [1.807, 2.05) is 24.3 Å². The van der Waals surface area contributed by atoms with E-state index in [1.54, 1.807) is 17.1 Å². The number of benzene rings is 1. The van der Waals surface area contributed by atoms with Crippen LogP contribution in [0, 0.1) is 0 Å². The summed E-state index contributed by atoms with van der Waals surface area (Å²) in [5, 5.41) is 4.09. The van der Waals surface area contributed by atoms with E-state index in [-0.39, 0.29) is 0 Å². The van der Waals surface area contributed by atoms with Crippen LogP contribution in [0.25, 0.3) is 16.2 Å². The highest BCUT2D eigenvalue weighted by atomic mass is 32.1. The van der Waals surface area contributed by atoms with E-state index in [0.29, 0.717) is 16.3 Å². The third-order valence-corrected chi connectivity index (χ3v) is 3.31. The third-order valence-electron chi connectivity index (χ3n) is 2.63. The topological polar surface area (TPSA) is 56.5 Å². The minimum Gasteiger partial charge on any atom is -0.497 e. The van der Waals surface area contributed by atoms with Gasteiger partial charge in [-0.2, -0.15) is 9.61 Å². The van der Waals surface area contributed by atoms with E-state index in [9.17, 15) is 4.79 Å². The second-order valence-electron chi connectivity index (χ2n) is 3.63. The number of aromatic nitrogens is 3. The monoisotopic (exact) mass is 259 g/mol. The molecule has 0 aliphatic rings. The summed E-state index contributed by atoms with van der Waals surface area (Å²) < 4.78 is 6.72. The number of carbonyl (C=O) groups excluding carboxylic acids is 1. The zero-order valence-corrected chi connectivity index (χ0v) is 10.3. The molecule has 0 radical (unpaired) electrons. The fourth-order valence-electron chi connectivity index (χ4n) is 1.80. The van der Waals surface area contributed by atoms with Crippen molar-refractivity contribution in [2.75, 3.05) is 7.11 Å². The number of methoxy groups -OCH3 is 1. The van der Waals surface area contributed by atoms with Gasteiger partial charge in [-0.3, -0.25) is 4.79 Å². The van der Waals surface area contributed by atoms with Crippen LogP contribution in [0.3, 0.4) is 0 Å². The van der Waals surface area contributed by atoms with Gasteiger partial charge in [0.15, 0.2) is 6.29 Å². The van der Waals surface area contributed by atoms with E-state index in [0.717, 1.165) is 17.6 Å². The second-order valence-corrected chi connectivity index (χ2v) is 4.44. The summed E-state index contributed by atoms with van der Waals surface area (Å²) in [5.41, 5.74) is 3.59. The average Bonchev–Trinajstić information content (AvgIpc) is 2.98. The Morgan fingerprint density at radius 2 is 2.33 bits per heavy atom. The summed E-state index contributed by atoms with van der Waals surface area (Å²) in [7, 11) is 1.60. The van der Waals surface area contributed by atoms with Gasteiger partial charge >= 0.3 is 0 Å². The molecule has 0 aliphatic carbocycles. The molecule has 0 fully saturated rings. The number of imidazole rings is 1. The number of hydrogen-bond donors (Lipinski definition) is 0. The van der Waals surface area contributed by atoms with Crippen molar-refractivity contribution in [2.45, 2.75) is 0 Å². The van der Waals surface area contributed by atoms with Gasteiger partial charge in [-0.25, -0.2) is 4.98 Å². The Morgan fingerprint density at radius 1 is 1.44 bits per heavy atom. The van der Waals surface area contributed by atoms with Gasteiger partial charge in [0, 0.05) is 5.56 Å². The largest absolute Gasteiger partial charge is 0.497 e. The molecule has 0 bridgehead atoms. The number of rotatable bonds is 3. The maximum atomic E-state index is 11.2. The van der Waals surface area contributed by atoms with Crippen LogP contribution in [0.5, 0.6) is 5.75 Å². The molecule has 0 spiro atoms. The summed E-state index contributed by atoms with van der Waals surface area (Å²) in [5.74, 6) is 0.730. The molecule has 0 aliphatic heterocycles.